The highest BCUT2D eigenvalue weighted by atomic mass is 19.4. The summed E-state index contributed by atoms with van der Waals surface area (Å²) in [4.78, 5) is 13.0. The molecule has 0 saturated carbocycles. The SMILES string of the molecule is O=c1c(-c2ccccc2)c([O-])[n+](C/C=C/c2cccc(C(F)(F)F)c2)c2ccccn12. The number of alkyl halides is 3. The second-order valence-corrected chi connectivity index (χ2v) is 6.92. The van der Waals surface area contributed by atoms with Crippen LogP contribution < -0.4 is 15.2 Å². The van der Waals surface area contributed by atoms with Gasteiger partial charge < -0.3 is 5.11 Å². The monoisotopic (exact) mass is 422 g/mol. The van der Waals surface area contributed by atoms with Crippen LogP contribution in [-0.2, 0) is 12.7 Å². The second-order valence-electron chi connectivity index (χ2n) is 6.92. The van der Waals surface area contributed by atoms with Crippen molar-refractivity contribution in [2.75, 3.05) is 0 Å². The zero-order valence-electron chi connectivity index (χ0n) is 16.2. The normalized spacial score (nSPS) is 12.0. The summed E-state index contributed by atoms with van der Waals surface area (Å²) in [6.45, 7) is 0.0860. The summed E-state index contributed by atoms with van der Waals surface area (Å²) < 4.78 is 41.6. The summed E-state index contributed by atoms with van der Waals surface area (Å²) >= 11 is 0. The number of aromatic nitrogens is 2. The summed E-state index contributed by atoms with van der Waals surface area (Å²) in [5.74, 6) is -0.462. The lowest BCUT2D eigenvalue weighted by Crippen LogP contribution is -2.43. The van der Waals surface area contributed by atoms with Gasteiger partial charge in [0.2, 0.25) is 0 Å². The molecule has 4 rings (SSSR count). The van der Waals surface area contributed by atoms with Gasteiger partial charge in [0.25, 0.3) is 5.65 Å². The number of fused-ring (bicyclic) bond motifs is 1. The maximum atomic E-state index is 13.2. The molecule has 0 bridgehead atoms. The quantitative estimate of drug-likeness (QED) is 0.466. The second kappa shape index (κ2) is 8.10. The summed E-state index contributed by atoms with van der Waals surface area (Å²) in [7, 11) is 0. The van der Waals surface area contributed by atoms with Gasteiger partial charge in [0.15, 0.2) is 0 Å². The van der Waals surface area contributed by atoms with Crippen molar-refractivity contribution in [1.29, 1.82) is 0 Å². The van der Waals surface area contributed by atoms with Crippen LogP contribution in [0.3, 0.4) is 0 Å². The van der Waals surface area contributed by atoms with Gasteiger partial charge in [-0.1, -0.05) is 54.6 Å². The first-order valence-corrected chi connectivity index (χ1v) is 9.50. The van der Waals surface area contributed by atoms with Crippen LogP contribution in [-0.4, -0.2) is 4.40 Å². The lowest BCUT2D eigenvalue weighted by Gasteiger charge is -2.16. The van der Waals surface area contributed by atoms with Crippen LogP contribution in [0.25, 0.3) is 22.9 Å². The van der Waals surface area contributed by atoms with E-state index >= 15 is 0 Å². The first-order valence-electron chi connectivity index (χ1n) is 9.50. The van der Waals surface area contributed by atoms with Crippen molar-refractivity contribution in [3.63, 3.8) is 0 Å². The lowest BCUT2D eigenvalue weighted by atomic mass is 10.1. The van der Waals surface area contributed by atoms with Crippen LogP contribution in [0.15, 0.2) is 89.9 Å². The molecule has 0 aliphatic heterocycles. The lowest BCUT2D eigenvalue weighted by molar-refractivity contribution is -0.706. The van der Waals surface area contributed by atoms with Gasteiger partial charge in [0.1, 0.15) is 12.1 Å². The third-order valence-corrected chi connectivity index (χ3v) is 4.88. The van der Waals surface area contributed by atoms with E-state index in [1.54, 1.807) is 66.9 Å². The highest BCUT2D eigenvalue weighted by molar-refractivity contribution is 5.66. The minimum absolute atomic E-state index is 0.0387. The van der Waals surface area contributed by atoms with Crippen molar-refractivity contribution in [2.24, 2.45) is 0 Å². The minimum atomic E-state index is -4.43. The van der Waals surface area contributed by atoms with E-state index in [1.165, 1.54) is 21.1 Å². The average molecular weight is 422 g/mol. The third-order valence-electron chi connectivity index (χ3n) is 4.88. The van der Waals surface area contributed by atoms with E-state index in [9.17, 15) is 23.1 Å². The molecule has 0 amide bonds. The summed E-state index contributed by atoms with van der Waals surface area (Å²) in [6.07, 6.45) is 0.274. The number of nitrogens with zero attached hydrogens (tertiary/aromatic N) is 2. The van der Waals surface area contributed by atoms with Crippen molar-refractivity contribution in [3.05, 3.63) is 107 Å². The number of hydrogen-bond donors (Lipinski definition) is 0. The van der Waals surface area contributed by atoms with Crippen LogP contribution in [0.2, 0.25) is 0 Å². The molecule has 0 fully saturated rings. The fraction of sp³-hybridized carbons (Fsp3) is 0.0833. The van der Waals surface area contributed by atoms with Crippen LogP contribution in [0.1, 0.15) is 11.1 Å². The minimum Gasteiger partial charge on any atom is -0.842 e. The number of hydrogen-bond acceptors (Lipinski definition) is 2. The Morgan fingerprint density at radius 1 is 0.968 bits per heavy atom. The predicted octanol–water partition coefficient (Wildman–Crippen LogP) is 4.06. The van der Waals surface area contributed by atoms with Crippen molar-refractivity contribution < 1.29 is 22.8 Å². The molecular weight excluding hydrogens is 405 g/mol. The Labute approximate surface area is 175 Å². The molecule has 0 spiro atoms. The van der Waals surface area contributed by atoms with Gasteiger partial charge >= 0.3 is 11.7 Å². The van der Waals surface area contributed by atoms with Crippen LogP contribution in [0, 0.1) is 0 Å². The Kier molecular flexibility index (Phi) is 5.33. The molecule has 0 atom stereocenters. The maximum Gasteiger partial charge on any atom is 0.416 e. The molecule has 0 aliphatic rings. The molecule has 2 aromatic heterocycles. The van der Waals surface area contributed by atoms with Gasteiger partial charge in [0, 0.05) is 6.07 Å². The summed E-state index contributed by atoms with van der Waals surface area (Å²) in [5, 5.41) is 13.2. The Hall–Kier alpha value is -3.87. The van der Waals surface area contributed by atoms with E-state index in [0.717, 1.165) is 12.1 Å². The fourth-order valence-corrected chi connectivity index (χ4v) is 3.42. The van der Waals surface area contributed by atoms with Gasteiger partial charge in [-0.05, 0) is 35.4 Å². The molecule has 7 heteroatoms. The van der Waals surface area contributed by atoms with Gasteiger partial charge in [-0.25, -0.2) is 9.36 Å². The molecule has 31 heavy (non-hydrogen) atoms. The zero-order valence-corrected chi connectivity index (χ0v) is 16.2. The summed E-state index contributed by atoms with van der Waals surface area (Å²) in [5.41, 5.74) is 0.136. The Bertz CT molecular complexity index is 1330. The highest BCUT2D eigenvalue weighted by Gasteiger charge is 2.30. The highest BCUT2D eigenvalue weighted by Crippen LogP contribution is 2.29. The fourth-order valence-electron chi connectivity index (χ4n) is 3.42. The van der Waals surface area contributed by atoms with E-state index in [2.05, 4.69) is 0 Å². The number of halogens is 3. The molecule has 0 aliphatic carbocycles. The number of benzene rings is 2. The molecule has 4 nitrogen and oxygen atoms in total. The van der Waals surface area contributed by atoms with Crippen LogP contribution in [0.5, 0.6) is 5.88 Å². The Morgan fingerprint density at radius 2 is 1.71 bits per heavy atom. The third kappa shape index (κ3) is 4.07. The molecule has 0 unspecified atom stereocenters. The first kappa shape index (κ1) is 20.4. The van der Waals surface area contributed by atoms with Crippen molar-refractivity contribution in [1.82, 2.24) is 4.40 Å². The Morgan fingerprint density at radius 3 is 2.45 bits per heavy atom. The van der Waals surface area contributed by atoms with E-state index in [-0.39, 0.29) is 12.1 Å². The van der Waals surface area contributed by atoms with E-state index in [0.29, 0.717) is 16.8 Å². The zero-order chi connectivity index (χ0) is 22.0. The van der Waals surface area contributed by atoms with Gasteiger partial charge in [0.05, 0.1) is 17.6 Å². The van der Waals surface area contributed by atoms with Gasteiger partial charge in [-0.3, -0.25) is 0 Å². The van der Waals surface area contributed by atoms with Crippen molar-refractivity contribution in [3.8, 4) is 17.0 Å². The maximum absolute atomic E-state index is 13.2. The Balaban J connectivity index is 1.78. The van der Waals surface area contributed by atoms with E-state index in [4.69, 9.17) is 0 Å². The molecule has 0 N–H and O–H groups in total. The van der Waals surface area contributed by atoms with E-state index in [1.807, 2.05) is 0 Å². The largest absolute Gasteiger partial charge is 0.842 e. The number of pyridine rings is 1. The standard InChI is InChI=1S/C24H17F3N2O2/c25-24(26,27)19-12-6-8-17(16-19)9-7-15-29-20-13-4-5-14-28(20)22(30)21(23(29)31)18-10-2-1-3-11-18/h1-14,16H,15H2/b9-7+. The van der Waals surface area contributed by atoms with E-state index < -0.39 is 23.2 Å². The molecule has 4 aromatic rings. The molecule has 2 heterocycles. The van der Waals surface area contributed by atoms with Crippen molar-refractivity contribution in [2.45, 2.75) is 12.7 Å². The number of allylic oxidation sites excluding steroid dienone is 1. The molecule has 0 saturated heterocycles. The average Bonchev–Trinajstić information content (AvgIpc) is 2.76. The first-order chi connectivity index (χ1) is 14.9. The molecular formula is C24H17F3N2O2. The molecule has 156 valence electrons. The summed E-state index contributed by atoms with van der Waals surface area (Å²) in [6, 6.07) is 18.6. The smallest absolute Gasteiger partial charge is 0.416 e. The molecule has 2 aromatic carbocycles. The molecule has 0 radical (unpaired) electrons. The van der Waals surface area contributed by atoms with Crippen molar-refractivity contribution >= 4 is 11.7 Å². The van der Waals surface area contributed by atoms with Gasteiger partial charge in [-0.15, -0.1) is 0 Å². The number of rotatable bonds is 4. The predicted molar refractivity (Wildman–Crippen MR) is 109 cm³/mol. The van der Waals surface area contributed by atoms with Crippen LogP contribution in [0.4, 0.5) is 13.2 Å². The topological polar surface area (TPSA) is 48.4 Å². The van der Waals surface area contributed by atoms with Gasteiger partial charge in [-0.2, -0.15) is 17.6 Å². The van der Waals surface area contributed by atoms with Crippen LogP contribution >= 0.6 is 0 Å².